The molecule has 2 nitrogen and oxygen atoms in total. The first-order valence-electron chi connectivity index (χ1n) is 9.24. The van der Waals surface area contributed by atoms with Gasteiger partial charge in [-0.15, -0.1) is 0 Å². The van der Waals surface area contributed by atoms with E-state index in [0.717, 1.165) is 35.1 Å². The third-order valence-electron chi connectivity index (χ3n) is 6.74. The summed E-state index contributed by atoms with van der Waals surface area (Å²) < 4.78 is 0. The van der Waals surface area contributed by atoms with Gasteiger partial charge in [0.2, 0.25) is 0 Å². The second kappa shape index (κ2) is 4.04. The highest BCUT2D eigenvalue weighted by atomic mass is 16.1. The second-order valence-electron chi connectivity index (χ2n) is 7.97. The molecule has 0 amide bonds. The minimum Gasteiger partial charge on any atom is -0.293 e. The Bertz CT molecular complexity index is 1220. The predicted octanol–water partition coefficient (Wildman–Crippen LogP) is 4.90. The van der Waals surface area contributed by atoms with Crippen LogP contribution in [0.3, 0.4) is 0 Å². The molecule has 2 atom stereocenters. The van der Waals surface area contributed by atoms with Crippen LogP contribution < -0.4 is 0 Å². The zero-order chi connectivity index (χ0) is 17.2. The van der Waals surface area contributed by atoms with E-state index in [4.69, 9.17) is 0 Å². The van der Waals surface area contributed by atoms with Crippen molar-refractivity contribution in [1.82, 2.24) is 0 Å². The van der Waals surface area contributed by atoms with Gasteiger partial charge in [0.1, 0.15) is 0 Å². The first-order valence-corrected chi connectivity index (χ1v) is 9.24. The molecule has 4 aliphatic carbocycles. The van der Waals surface area contributed by atoms with Gasteiger partial charge >= 0.3 is 0 Å². The average Bonchev–Trinajstić information content (AvgIpc) is 3.34. The molecule has 2 unspecified atom stereocenters. The average molecular weight is 334 g/mol. The van der Waals surface area contributed by atoms with Crippen molar-refractivity contribution in [3.8, 4) is 0 Å². The Kier molecular flexibility index (Phi) is 2.06. The topological polar surface area (TPSA) is 34.1 Å². The van der Waals surface area contributed by atoms with Crippen molar-refractivity contribution >= 4 is 44.3 Å². The lowest BCUT2D eigenvalue weighted by Gasteiger charge is -2.13. The fourth-order valence-corrected chi connectivity index (χ4v) is 5.46. The molecule has 7 rings (SSSR count). The van der Waals surface area contributed by atoms with Gasteiger partial charge in [0.15, 0.2) is 11.6 Å². The highest BCUT2D eigenvalue weighted by molar-refractivity contribution is 6.31. The van der Waals surface area contributed by atoms with Crippen LogP contribution >= 0.6 is 0 Å². The van der Waals surface area contributed by atoms with E-state index < -0.39 is 0 Å². The third-order valence-corrected chi connectivity index (χ3v) is 6.74. The predicted molar refractivity (Wildman–Crippen MR) is 102 cm³/mol. The van der Waals surface area contributed by atoms with Crippen molar-refractivity contribution in [1.29, 1.82) is 0 Å². The van der Waals surface area contributed by atoms with Crippen LogP contribution in [0.4, 0.5) is 0 Å². The number of carbonyl (C=O) groups is 2. The molecule has 0 spiro atoms. The molecule has 0 saturated heterocycles. The van der Waals surface area contributed by atoms with E-state index >= 15 is 0 Å². The monoisotopic (exact) mass is 334 g/mol. The Morgan fingerprint density at radius 3 is 1.46 bits per heavy atom. The fraction of sp³-hybridized carbons (Fsp3) is 0.167. The number of carbonyl (C=O) groups excluding carboxylic acids is 2. The lowest BCUT2D eigenvalue weighted by molar-refractivity contribution is -0.114. The maximum absolute atomic E-state index is 12.4. The van der Waals surface area contributed by atoms with E-state index in [1.165, 1.54) is 32.7 Å². The van der Waals surface area contributed by atoms with Gasteiger partial charge in [0, 0.05) is 11.1 Å². The van der Waals surface area contributed by atoms with Gasteiger partial charge in [0.25, 0.3) is 0 Å². The van der Waals surface area contributed by atoms with E-state index in [1.54, 1.807) is 0 Å². The van der Waals surface area contributed by atoms with E-state index in [-0.39, 0.29) is 11.8 Å². The summed E-state index contributed by atoms with van der Waals surface area (Å²) in [4.78, 5) is 24.8. The molecule has 0 aliphatic heterocycles. The van der Waals surface area contributed by atoms with Crippen LogP contribution in [-0.4, -0.2) is 11.6 Å². The van der Waals surface area contributed by atoms with Crippen molar-refractivity contribution in [3.63, 3.8) is 0 Å². The number of hydrogen-bond donors (Lipinski definition) is 0. The third kappa shape index (κ3) is 1.35. The summed E-state index contributed by atoms with van der Waals surface area (Å²) in [5, 5.41) is 4.71. The van der Waals surface area contributed by atoms with Crippen LogP contribution in [0.5, 0.6) is 0 Å². The quantitative estimate of drug-likeness (QED) is 0.548. The molecule has 2 heteroatoms. The van der Waals surface area contributed by atoms with Gasteiger partial charge in [0.05, 0.1) is 11.8 Å². The van der Waals surface area contributed by atoms with Gasteiger partial charge in [-0.2, -0.15) is 0 Å². The van der Waals surface area contributed by atoms with Crippen molar-refractivity contribution < 1.29 is 9.59 Å². The van der Waals surface area contributed by atoms with Crippen molar-refractivity contribution in [2.75, 3.05) is 0 Å². The smallest absolute Gasteiger partial charge is 0.170 e. The SMILES string of the molecule is O=C1C2=CCC1c1cc3cc4cc5c(cc4cc3cc12)C1=CCC5C1=O. The summed E-state index contributed by atoms with van der Waals surface area (Å²) in [7, 11) is 0. The number of hydrogen-bond acceptors (Lipinski definition) is 2. The maximum Gasteiger partial charge on any atom is 0.170 e. The zero-order valence-electron chi connectivity index (χ0n) is 14.0. The number of Topliss-reactive ketones (excluding diaryl/α,β-unsaturated/α-hetero) is 2. The number of ketones is 2. The Morgan fingerprint density at radius 2 is 1.00 bits per heavy atom. The van der Waals surface area contributed by atoms with E-state index in [0.29, 0.717) is 11.6 Å². The molecule has 26 heavy (non-hydrogen) atoms. The molecule has 0 N–H and O–H groups in total. The minimum atomic E-state index is 0.0420. The lowest BCUT2D eigenvalue weighted by atomic mass is 9.89. The second-order valence-corrected chi connectivity index (χ2v) is 7.97. The van der Waals surface area contributed by atoms with Crippen LogP contribution in [0.1, 0.15) is 46.9 Å². The summed E-state index contributed by atoms with van der Waals surface area (Å²) in [5.41, 5.74) is 6.45. The molecule has 3 aromatic rings. The Balaban J connectivity index is 1.53. The number of fused-ring (bicyclic) bond motifs is 12. The molecular formula is C24H14O2. The number of rotatable bonds is 0. The molecule has 0 heterocycles. The first-order chi connectivity index (χ1) is 12.7. The van der Waals surface area contributed by atoms with Crippen LogP contribution in [0.15, 0.2) is 48.6 Å². The summed E-state index contributed by atoms with van der Waals surface area (Å²) in [6.45, 7) is 0. The molecular weight excluding hydrogens is 320 g/mol. The highest BCUT2D eigenvalue weighted by Gasteiger charge is 2.40. The van der Waals surface area contributed by atoms with Crippen molar-refractivity contribution in [3.05, 3.63) is 70.8 Å². The molecule has 3 aromatic carbocycles. The molecule has 0 radical (unpaired) electrons. The zero-order valence-corrected chi connectivity index (χ0v) is 14.0. The standard InChI is InChI=1S/C24H14O2/c25-23-15-1-2-16(23)20-8-12-6-14-10-22-18-4-3-17(24(18)26)21(22)9-13(14)5-11(12)7-19(15)20/h1,3,5-10,16,18H,2,4H2. The van der Waals surface area contributed by atoms with Crippen LogP contribution in [0, 0.1) is 0 Å². The van der Waals surface area contributed by atoms with Crippen LogP contribution in [0.2, 0.25) is 0 Å². The fourth-order valence-electron chi connectivity index (χ4n) is 5.46. The summed E-state index contributed by atoms with van der Waals surface area (Å²) in [6, 6.07) is 13.2. The maximum atomic E-state index is 12.4. The summed E-state index contributed by atoms with van der Waals surface area (Å²) in [6.07, 6.45) is 5.88. The Hall–Kier alpha value is -3.00. The molecule has 4 aliphatic rings. The molecule has 0 fully saturated rings. The van der Waals surface area contributed by atoms with Gasteiger partial charge in [-0.1, -0.05) is 12.2 Å². The number of allylic oxidation sites excluding steroid dienone is 4. The lowest BCUT2D eigenvalue weighted by Crippen LogP contribution is -1.99. The van der Waals surface area contributed by atoms with E-state index in [9.17, 15) is 9.59 Å². The van der Waals surface area contributed by atoms with Crippen molar-refractivity contribution in [2.45, 2.75) is 24.7 Å². The van der Waals surface area contributed by atoms with Crippen LogP contribution in [0.25, 0.3) is 32.7 Å². The highest BCUT2D eigenvalue weighted by Crippen LogP contribution is 2.49. The van der Waals surface area contributed by atoms with E-state index in [1.807, 2.05) is 0 Å². The summed E-state index contributed by atoms with van der Waals surface area (Å²) in [5.74, 6) is 0.669. The van der Waals surface area contributed by atoms with E-state index in [2.05, 4.69) is 48.6 Å². The largest absolute Gasteiger partial charge is 0.293 e. The first kappa shape index (κ1) is 13.2. The van der Waals surface area contributed by atoms with Gasteiger partial charge in [-0.3, -0.25) is 9.59 Å². The van der Waals surface area contributed by atoms with Gasteiger partial charge in [-0.25, -0.2) is 0 Å². The molecule has 0 saturated carbocycles. The summed E-state index contributed by atoms with van der Waals surface area (Å²) >= 11 is 0. The Labute approximate surface area is 149 Å². The minimum absolute atomic E-state index is 0.0420. The van der Waals surface area contributed by atoms with Crippen molar-refractivity contribution in [2.24, 2.45) is 0 Å². The van der Waals surface area contributed by atoms with Gasteiger partial charge < -0.3 is 0 Å². The van der Waals surface area contributed by atoms with Gasteiger partial charge in [-0.05, 0) is 93.0 Å². The van der Waals surface area contributed by atoms with Crippen LogP contribution in [-0.2, 0) is 9.59 Å². The molecule has 4 bridgehead atoms. The Morgan fingerprint density at radius 1 is 0.577 bits per heavy atom. The molecule has 0 aromatic heterocycles. The molecule has 122 valence electrons. The normalized spacial score (nSPS) is 24.5. The number of benzene rings is 3.